The molecule has 12 nitrogen and oxygen atoms in total. The number of para-hydroxylation sites is 1. The average Bonchev–Trinajstić information content (AvgIpc) is 3.62. The highest BCUT2D eigenvalue weighted by atomic mass is 16.5. The first-order valence-corrected chi connectivity index (χ1v) is 18.6. The molecule has 5 rings (SSSR count). The van der Waals surface area contributed by atoms with Crippen molar-refractivity contribution in [3.05, 3.63) is 65.7 Å². The maximum absolute atomic E-state index is 14.0. The van der Waals surface area contributed by atoms with Gasteiger partial charge in [0.25, 0.3) is 5.91 Å². The van der Waals surface area contributed by atoms with Crippen LogP contribution in [-0.2, 0) is 19.2 Å². The molecule has 0 saturated carbocycles. The molecule has 5 amide bonds. The fraction of sp³-hybridized carbons (Fsp3) is 0.564. The average molecular weight is 703 g/mol. The van der Waals surface area contributed by atoms with Gasteiger partial charge < -0.3 is 36.2 Å². The minimum Gasteiger partial charge on any atom is -0.491 e. The van der Waals surface area contributed by atoms with Crippen LogP contribution < -0.4 is 26.4 Å². The molecule has 0 unspecified atom stereocenters. The number of likely N-dealkylation sites (tertiary alicyclic amines) is 1. The number of carbonyl (C=O) groups is 5. The van der Waals surface area contributed by atoms with Crippen LogP contribution in [0.15, 0.2) is 54.6 Å². The van der Waals surface area contributed by atoms with E-state index in [1.165, 1.54) is 5.56 Å². The van der Waals surface area contributed by atoms with Crippen molar-refractivity contribution in [2.45, 2.75) is 102 Å². The number of ether oxygens (including phenoxy) is 1. The number of nitrogens with two attached hydrogens (primary N) is 1. The predicted molar refractivity (Wildman–Crippen MR) is 194 cm³/mol. The molecule has 2 fully saturated rings. The zero-order chi connectivity index (χ0) is 36.3. The highest BCUT2D eigenvalue weighted by Gasteiger charge is 2.37. The molecule has 0 aliphatic carbocycles. The summed E-state index contributed by atoms with van der Waals surface area (Å²) in [7, 11) is 0. The fourth-order valence-electron chi connectivity index (χ4n) is 7.41. The maximum Gasteiger partial charge on any atom is 0.255 e. The van der Waals surface area contributed by atoms with Crippen LogP contribution in [0.3, 0.4) is 0 Å². The number of carbonyl (C=O) groups excluding carboxylic acids is 5. The Kier molecular flexibility index (Phi) is 13.5. The monoisotopic (exact) mass is 702 g/mol. The van der Waals surface area contributed by atoms with Crippen molar-refractivity contribution < 1.29 is 28.7 Å². The van der Waals surface area contributed by atoms with E-state index >= 15 is 0 Å². The van der Waals surface area contributed by atoms with E-state index in [9.17, 15) is 24.0 Å². The Bertz CT molecular complexity index is 1510. The molecule has 5 N–H and O–H groups in total. The van der Waals surface area contributed by atoms with Crippen molar-refractivity contribution in [2.75, 3.05) is 32.8 Å². The van der Waals surface area contributed by atoms with Gasteiger partial charge in [-0.15, -0.1) is 0 Å². The topological polar surface area (TPSA) is 163 Å². The lowest BCUT2D eigenvalue weighted by atomic mass is 9.89. The third-order valence-corrected chi connectivity index (χ3v) is 10.4. The summed E-state index contributed by atoms with van der Waals surface area (Å²) in [4.78, 5) is 72.5. The molecule has 51 heavy (non-hydrogen) atoms. The molecule has 12 heteroatoms. The number of hydrogen-bond acceptors (Lipinski definition) is 7. The molecule has 3 heterocycles. The first-order valence-electron chi connectivity index (χ1n) is 18.6. The summed E-state index contributed by atoms with van der Waals surface area (Å²) in [6.07, 6.45) is 4.82. The van der Waals surface area contributed by atoms with Gasteiger partial charge in [-0.3, -0.25) is 24.0 Å². The zero-order valence-electron chi connectivity index (χ0n) is 30.0. The standard InChI is InChI=1S/C39H54N6O6/c1-26(2)35-37(48)42-31(15-8-9-21-40)39(50)45-22-10-13-29(45)25-51-33-16-7-6-14-30(33)36(47)41-32(17-18-34(46)43-35)38(49)44-23-19-28(20-24-44)27-11-4-3-5-12-27/h3-7,11-12,14,16,26,28-29,31-32,35H,8-10,13,15,17-25,40H2,1-2H3,(H,41,47)(H,42,48)(H,43,46)/t29-,31+,32+,35-/m1/s1. The van der Waals surface area contributed by atoms with Crippen LogP contribution in [0, 0.1) is 5.92 Å². The van der Waals surface area contributed by atoms with Gasteiger partial charge in [0.15, 0.2) is 0 Å². The first kappa shape index (κ1) is 37.8. The molecule has 2 aromatic carbocycles. The molecule has 3 aliphatic rings. The van der Waals surface area contributed by atoms with Gasteiger partial charge in [-0.1, -0.05) is 56.3 Å². The molecule has 2 saturated heterocycles. The zero-order valence-corrected chi connectivity index (χ0v) is 30.0. The van der Waals surface area contributed by atoms with Crippen molar-refractivity contribution in [1.29, 1.82) is 0 Å². The van der Waals surface area contributed by atoms with Gasteiger partial charge in [-0.25, -0.2) is 0 Å². The van der Waals surface area contributed by atoms with E-state index < -0.39 is 35.8 Å². The quantitative estimate of drug-likeness (QED) is 0.322. The van der Waals surface area contributed by atoms with Crippen molar-refractivity contribution in [3.63, 3.8) is 0 Å². The van der Waals surface area contributed by atoms with E-state index in [0.29, 0.717) is 63.5 Å². The van der Waals surface area contributed by atoms with Crippen LogP contribution in [-0.4, -0.2) is 96.3 Å². The van der Waals surface area contributed by atoms with E-state index in [0.717, 1.165) is 19.3 Å². The largest absolute Gasteiger partial charge is 0.491 e. The van der Waals surface area contributed by atoms with Gasteiger partial charge in [0.1, 0.15) is 30.5 Å². The van der Waals surface area contributed by atoms with Crippen LogP contribution in [0.4, 0.5) is 0 Å². The van der Waals surface area contributed by atoms with Gasteiger partial charge in [0.05, 0.1) is 11.6 Å². The maximum atomic E-state index is 14.0. The Morgan fingerprint density at radius 2 is 1.61 bits per heavy atom. The lowest BCUT2D eigenvalue weighted by Crippen LogP contribution is -2.57. The van der Waals surface area contributed by atoms with Crippen LogP contribution >= 0.6 is 0 Å². The van der Waals surface area contributed by atoms with Crippen molar-refractivity contribution in [1.82, 2.24) is 25.8 Å². The summed E-state index contributed by atoms with van der Waals surface area (Å²) in [5.74, 6) is -1.36. The second-order valence-corrected chi connectivity index (χ2v) is 14.3. The predicted octanol–water partition coefficient (Wildman–Crippen LogP) is 3.11. The third-order valence-electron chi connectivity index (χ3n) is 10.4. The van der Waals surface area contributed by atoms with E-state index in [1.54, 1.807) is 34.1 Å². The molecule has 0 spiro atoms. The molecular weight excluding hydrogens is 648 g/mol. The Morgan fingerprint density at radius 3 is 2.33 bits per heavy atom. The van der Waals surface area contributed by atoms with E-state index in [4.69, 9.17) is 10.5 Å². The van der Waals surface area contributed by atoms with Crippen molar-refractivity contribution >= 4 is 29.5 Å². The summed E-state index contributed by atoms with van der Waals surface area (Å²) in [6.45, 7) is 5.90. The molecule has 276 valence electrons. The SMILES string of the molecule is CC(C)[C@H]1NC(=O)CC[C@@H](C(=O)N2CCC(c3ccccc3)CC2)NC(=O)c2ccccc2OC[C@H]2CCCN2C(=O)[C@H](CCCCN)NC1=O. The van der Waals surface area contributed by atoms with Gasteiger partial charge in [0, 0.05) is 26.1 Å². The van der Waals surface area contributed by atoms with Crippen LogP contribution in [0.1, 0.15) is 93.5 Å². The molecule has 2 aromatic rings. The number of piperidine rings is 1. The van der Waals surface area contributed by atoms with Crippen molar-refractivity contribution in [3.8, 4) is 5.75 Å². The summed E-state index contributed by atoms with van der Waals surface area (Å²) in [5.41, 5.74) is 7.26. The normalized spacial score (nSPS) is 24.4. The Morgan fingerprint density at radius 1 is 0.882 bits per heavy atom. The number of rotatable bonds is 7. The van der Waals surface area contributed by atoms with E-state index in [-0.39, 0.29) is 48.8 Å². The van der Waals surface area contributed by atoms with Gasteiger partial charge in [0.2, 0.25) is 23.6 Å². The minimum atomic E-state index is -0.968. The number of nitrogens with zero attached hydrogens (tertiary/aromatic N) is 2. The number of hydrogen-bond donors (Lipinski definition) is 4. The second-order valence-electron chi connectivity index (χ2n) is 14.3. The lowest BCUT2D eigenvalue weighted by Gasteiger charge is -2.35. The molecule has 4 atom stereocenters. The smallest absolute Gasteiger partial charge is 0.255 e. The van der Waals surface area contributed by atoms with Crippen LogP contribution in [0.25, 0.3) is 0 Å². The van der Waals surface area contributed by atoms with Crippen LogP contribution in [0.2, 0.25) is 0 Å². The summed E-state index contributed by atoms with van der Waals surface area (Å²) in [6, 6.07) is 14.2. The van der Waals surface area contributed by atoms with Crippen LogP contribution in [0.5, 0.6) is 5.75 Å². The Labute approximate surface area is 301 Å². The van der Waals surface area contributed by atoms with E-state index in [2.05, 4.69) is 28.1 Å². The number of benzene rings is 2. The lowest BCUT2D eigenvalue weighted by molar-refractivity contribution is -0.139. The number of unbranched alkanes of at least 4 members (excludes halogenated alkanes) is 1. The molecular formula is C39H54N6O6. The number of nitrogens with one attached hydrogen (secondary N) is 3. The molecule has 3 aliphatic heterocycles. The summed E-state index contributed by atoms with van der Waals surface area (Å²) < 4.78 is 6.23. The van der Waals surface area contributed by atoms with Gasteiger partial charge in [-0.05, 0) is 87.4 Å². The number of amides is 5. The molecule has 0 aromatic heterocycles. The van der Waals surface area contributed by atoms with Gasteiger partial charge in [-0.2, -0.15) is 0 Å². The summed E-state index contributed by atoms with van der Waals surface area (Å²) in [5, 5.41) is 8.73. The Balaban J connectivity index is 1.39. The Hall–Kier alpha value is -4.45. The third kappa shape index (κ3) is 9.87. The minimum absolute atomic E-state index is 0.0434. The first-order chi connectivity index (χ1) is 24.7. The second kappa shape index (κ2) is 18.2. The molecule has 0 bridgehead atoms. The van der Waals surface area contributed by atoms with Gasteiger partial charge >= 0.3 is 0 Å². The molecule has 0 radical (unpaired) electrons. The number of fused-ring (bicyclic) bond motifs is 2. The summed E-state index contributed by atoms with van der Waals surface area (Å²) >= 11 is 0. The fourth-order valence-corrected chi connectivity index (χ4v) is 7.41. The van der Waals surface area contributed by atoms with Crippen molar-refractivity contribution in [2.24, 2.45) is 11.7 Å². The highest BCUT2D eigenvalue weighted by Crippen LogP contribution is 2.29. The van der Waals surface area contributed by atoms with E-state index in [1.807, 2.05) is 32.0 Å². The highest BCUT2D eigenvalue weighted by molar-refractivity contribution is 6.00.